The lowest BCUT2D eigenvalue weighted by molar-refractivity contribution is 0.0707. The number of aromatic nitrogens is 4. The highest BCUT2D eigenvalue weighted by Gasteiger charge is 2.28. The zero-order chi connectivity index (χ0) is 18.3. The number of amides is 1. The van der Waals surface area contributed by atoms with Crippen molar-refractivity contribution in [3.8, 4) is 0 Å². The Hall–Kier alpha value is -2.83. The first-order valence-corrected chi connectivity index (χ1v) is 8.85. The van der Waals surface area contributed by atoms with E-state index >= 15 is 0 Å². The van der Waals surface area contributed by atoms with Gasteiger partial charge in [0.1, 0.15) is 5.82 Å². The summed E-state index contributed by atoms with van der Waals surface area (Å²) in [4.78, 5) is 28.2. The fraction of sp³-hybridized carbons (Fsp3) is 0.421. The Labute approximate surface area is 151 Å². The number of piperidine rings is 1. The van der Waals surface area contributed by atoms with Gasteiger partial charge in [-0.05, 0) is 45.7 Å². The molecule has 3 aromatic rings. The predicted molar refractivity (Wildman–Crippen MR) is 95.9 cm³/mol. The van der Waals surface area contributed by atoms with Crippen molar-refractivity contribution in [3.05, 3.63) is 46.8 Å². The van der Waals surface area contributed by atoms with Crippen molar-refractivity contribution >= 4 is 17.0 Å². The summed E-state index contributed by atoms with van der Waals surface area (Å²) < 4.78 is 5.26. The second-order valence-electron chi connectivity index (χ2n) is 6.88. The van der Waals surface area contributed by atoms with E-state index in [1.165, 1.54) is 0 Å². The molecule has 0 spiro atoms. The molecule has 0 N–H and O–H groups in total. The molecule has 1 saturated heterocycles. The molecule has 1 aliphatic heterocycles. The van der Waals surface area contributed by atoms with Crippen LogP contribution in [0.5, 0.6) is 0 Å². The van der Waals surface area contributed by atoms with Crippen LogP contribution in [0.1, 0.15) is 52.0 Å². The van der Waals surface area contributed by atoms with Gasteiger partial charge in [-0.2, -0.15) is 0 Å². The molecular weight excluding hydrogens is 330 g/mol. The molecule has 4 heterocycles. The molecule has 1 fully saturated rings. The molecular formula is C19H21N5O2. The van der Waals surface area contributed by atoms with Gasteiger partial charge in [0.25, 0.3) is 11.6 Å². The first kappa shape index (κ1) is 16.6. The number of fused-ring (bicyclic) bond motifs is 1. The Bertz CT molecular complexity index is 981. The van der Waals surface area contributed by atoms with Crippen LogP contribution in [0.4, 0.5) is 0 Å². The molecule has 7 heteroatoms. The van der Waals surface area contributed by atoms with Gasteiger partial charge in [-0.15, -0.1) is 0 Å². The summed E-state index contributed by atoms with van der Waals surface area (Å²) >= 11 is 0. The zero-order valence-corrected chi connectivity index (χ0v) is 15.2. The summed E-state index contributed by atoms with van der Waals surface area (Å²) in [6.45, 7) is 6.98. The van der Waals surface area contributed by atoms with Crippen LogP contribution in [0, 0.1) is 20.8 Å². The minimum atomic E-state index is 0.00211. The maximum atomic E-state index is 13.3. The Morgan fingerprint density at radius 3 is 2.92 bits per heavy atom. The Morgan fingerprint density at radius 2 is 2.12 bits per heavy atom. The normalized spacial score (nSPS) is 17.7. The fourth-order valence-electron chi connectivity index (χ4n) is 3.66. The molecule has 3 aromatic heterocycles. The molecule has 7 nitrogen and oxygen atoms in total. The number of rotatable bonds is 2. The third kappa shape index (κ3) is 2.94. The minimum Gasteiger partial charge on any atom is -0.338 e. The smallest absolute Gasteiger partial charge is 0.258 e. The van der Waals surface area contributed by atoms with Gasteiger partial charge in [0.2, 0.25) is 0 Å². The molecule has 1 unspecified atom stereocenters. The van der Waals surface area contributed by atoms with E-state index in [0.717, 1.165) is 36.6 Å². The molecule has 26 heavy (non-hydrogen) atoms. The van der Waals surface area contributed by atoms with E-state index in [1.54, 1.807) is 6.20 Å². The van der Waals surface area contributed by atoms with Crippen LogP contribution in [0.3, 0.4) is 0 Å². The molecule has 1 amide bonds. The third-order valence-electron chi connectivity index (χ3n) is 4.90. The molecule has 0 saturated carbocycles. The molecule has 1 atom stereocenters. The van der Waals surface area contributed by atoms with E-state index in [9.17, 15) is 4.79 Å². The van der Waals surface area contributed by atoms with E-state index in [2.05, 4.69) is 20.1 Å². The molecule has 0 aliphatic carbocycles. The van der Waals surface area contributed by atoms with Crippen molar-refractivity contribution in [3.63, 3.8) is 0 Å². The second-order valence-corrected chi connectivity index (χ2v) is 6.88. The number of hydrogen-bond donors (Lipinski definition) is 0. The number of carbonyl (C=O) groups excluding carboxylic acids is 1. The predicted octanol–water partition coefficient (Wildman–Crippen LogP) is 2.96. The summed E-state index contributed by atoms with van der Waals surface area (Å²) in [6, 6.07) is 3.78. The van der Waals surface area contributed by atoms with Crippen LogP contribution >= 0.6 is 0 Å². The van der Waals surface area contributed by atoms with Gasteiger partial charge >= 0.3 is 0 Å². The summed E-state index contributed by atoms with van der Waals surface area (Å²) in [5.41, 5.74) is 3.48. The van der Waals surface area contributed by atoms with Crippen LogP contribution in [0.15, 0.2) is 22.9 Å². The largest absolute Gasteiger partial charge is 0.338 e. The molecule has 0 bridgehead atoms. The van der Waals surface area contributed by atoms with Gasteiger partial charge in [-0.1, -0.05) is 5.16 Å². The Balaban J connectivity index is 1.65. The van der Waals surface area contributed by atoms with Gasteiger partial charge in [0.15, 0.2) is 0 Å². The number of aryl methyl sites for hydroxylation is 3. The molecule has 134 valence electrons. The van der Waals surface area contributed by atoms with Crippen LogP contribution in [-0.2, 0) is 0 Å². The summed E-state index contributed by atoms with van der Waals surface area (Å²) in [7, 11) is 0. The van der Waals surface area contributed by atoms with E-state index in [4.69, 9.17) is 4.52 Å². The second kappa shape index (κ2) is 6.48. The van der Waals surface area contributed by atoms with Gasteiger partial charge in [-0.3, -0.25) is 4.79 Å². The average Bonchev–Trinajstić information content (AvgIpc) is 3.01. The van der Waals surface area contributed by atoms with E-state index < -0.39 is 0 Å². The standard InChI is InChI=1S/C19H21N5O2/c1-11-9-15(17-12(2)23-26-18(17)21-11)19(25)24-8-4-5-14(10-24)16-6-7-20-13(3)22-16/h6-7,9,14H,4-5,8,10H2,1-3H3. The van der Waals surface area contributed by atoms with Gasteiger partial charge in [0.05, 0.1) is 16.6 Å². The van der Waals surface area contributed by atoms with Crippen molar-refractivity contribution in [2.75, 3.05) is 13.1 Å². The van der Waals surface area contributed by atoms with Crippen molar-refractivity contribution in [2.24, 2.45) is 0 Å². The summed E-state index contributed by atoms with van der Waals surface area (Å²) in [6.07, 6.45) is 3.77. The van der Waals surface area contributed by atoms with Gasteiger partial charge in [-0.25, -0.2) is 15.0 Å². The highest BCUT2D eigenvalue weighted by molar-refractivity contribution is 6.06. The molecule has 4 rings (SSSR count). The van der Waals surface area contributed by atoms with Crippen LogP contribution in [-0.4, -0.2) is 44.0 Å². The first-order chi connectivity index (χ1) is 12.5. The first-order valence-electron chi connectivity index (χ1n) is 8.85. The number of pyridine rings is 1. The molecule has 0 aromatic carbocycles. The number of carbonyl (C=O) groups is 1. The Kier molecular flexibility index (Phi) is 4.14. The van der Waals surface area contributed by atoms with Gasteiger partial charge in [0, 0.05) is 36.6 Å². The highest BCUT2D eigenvalue weighted by Crippen LogP contribution is 2.29. The van der Waals surface area contributed by atoms with Crippen molar-refractivity contribution < 1.29 is 9.32 Å². The van der Waals surface area contributed by atoms with Crippen molar-refractivity contribution in [2.45, 2.75) is 39.5 Å². The maximum Gasteiger partial charge on any atom is 0.258 e. The molecule has 1 aliphatic rings. The molecule has 0 radical (unpaired) electrons. The van der Waals surface area contributed by atoms with Gasteiger partial charge < -0.3 is 9.42 Å². The topological polar surface area (TPSA) is 85.0 Å². The lowest BCUT2D eigenvalue weighted by Crippen LogP contribution is -2.39. The van der Waals surface area contributed by atoms with Crippen LogP contribution in [0.2, 0.25) is 0 Å². The quantitative estimate of drug-likeness (QED) is 0.706. The zero-order valence-electron chi connectivity index (χ0n) is 15.2. The minimum absolute atomic E-state index is 0.00211. The monoisotopic (exact) mass is 351 g/mol. The summed E-state index contributed by atoms with van der Waals surface area (Å²) in [5, 5.41) is 4.68. The van der Waals surface area contributed by atoms with E-state index in [-0.39, 0.29) is 11.8 Å². The lowest BCUT2D eigenvalue weighted by Gasteiger charge is -2.32. The SMILES string of the molecule is Cc1cc(C(=O)N2CCCC(c3ccnc(C)n3)C2)c2c(C)noc2n1. The summed E-state index contributed by atoms with van der Waals surface area (Å²) in [5.74, 6) is 0.996. The van der Waals surface area contributed by atoms with Crippen molar-refractivity contribution in [1.82, 2.24) is 25.0 Å². The Morgan fingerprint density at radius 1 is 1.27 bits per heavy atom. The average molecular weight is 351 g/mol. The van der Waals surface area contributed by atoms with Crippen LogP contribution < -0.4 is 0 Å². The van der Waals surface area contributed by atoms with E-state index in [1.807, 2.05) is 37.8 Å². The van der Waals surface area contributed by atoms with E-state index in [0.29, 0.717) is 28.9 Å². The lowest BCUT2D eigenvalue weighted by atomic mass is 9.93. The highest BCUT2D eigenvalue weighted by atomic mass is 16.5. The van der Waals surface area contributed by atoms with Crippen molar-refractivity contribution in [1.29, 1.82) is 0 Å². The number of likely N-dealkylation sites (tertiary alicyclic amines) is 1. The van der Waals surface area contributed by atoms with Crippen LogP contribution in [0.25, 0.3) is 11.1 Å². The number of nitrogens with zero attached hydrogens (tertiary/aromatic N) is 5. The third-order valence-corrected chi connectivity index (χ3v) is 4.90. The number of hydrogen-bond acceptors (Lipinski definition) is 6. The fourth-order valence-corrected chi connectivity index (χ4v) is 3.66. The maximum absolute atomic E-state index is 13.3.